The van der Waals surface area contributed by atoms with Crippen molar-refractivity contribution < 1.29 is 9.47 Å². The fourth-order valence-corrected chi connectivity index (χ4v) is 2.53. The van der Waals surface area contributed by atoms with Gasteiger partial charge in [-0.15, -0.1) is 0 Å². The molecule has 0 radical (unpaired) electrons. The van der Waals surface area contributed by atoms with E-state index in [9.17, 15) is 0 Å². The van der Waals surface area contributed by atoms with Crippen LogP contribution < -0.4 is 15.2 Å². The summed E-state index contributed by atoms with van der Waals surface area (Å²) in [6.45, 7) is 1.91. The van der Waals surface area contributed by atoms with Crippen molar-refractivity contribution in [3.63, 3.8) is 0 Å². The summed E-state index contributed by atoms with van der Waals surface area (Å²) >= 11 is 6.17. The predicted molar refractivity (Wildman–Crippen MR) is 62.3 cm³/mol. The Kier molecular flexibility index (Phi) is 2.45. The van der Waals surface area contributed by atoms with Crippen LogP contribution in [0.3, 0.4) is 0 Å². The first-order chi connectivity index (χ1) is 7.79. The number of hydrogen-bond acceptors (Lipinski definition) is 3. The summed E-state index contributed by atoms with van der Waals surface area (Å²) < 4.78 is 11.0. The van der Waals surface area contributed by atoms with Crippen LogP contribution in [-0.2, 0) is 0 Å². The average molecular weight is 240 g/mol. The first-order valence-corrected chi connectivity index (χ1v) is 5.96. The first kappa shape index (κ1) is 10.2. The van der Waals surface area contributed by atoms with E-state index in [1.54, 1.807) is 0 Å². The number of nitrogens with two attached hydrogens (primary N) is 1. The van der Waals surface area contributed by atoms with Gasteiger partial charge in [-0.1, -0.05) is 11.6 Å². The summed E-state index contributed by atoms with van der Waals surface area (Å²) in [5.74, 6) is 2.62. The number of hydrogen-bond donors (Lipinski definition) is 1. The Balaban J connectivity index is 1.93. The Morgan fingerprint density at radius 2 is 2.12 bits per heavy atom. The molecule has 2 aliphatic rings. The van der Waals surface area contributed by atoms with Gasteiger partial charge in [-0.3, -0.25) is 0 Å². The third-order valence-electron chi connectivity index (χ3n) is 3.27. The Morgan fingerprint density at radius 1 is 1.31 bits per heavy atom. The molecule has 0 spiro atoms. The topological polar surface area (TPSA) is 44.5 Å². The van der Waals surface area contributed by atoms with Crippen LogP contribution in [0, 0.1) is 5.92 Å². The Morgan fingerprint density at radius 3 is 2.88 bits per heavy atom. The van der Waals surface area contributed by atoms with Crippen LogP contribution in [0.25, 0.3) is 0 Å². The van der Waals surface area contributed by atoms with E-state index >= 15 is 0 Å². The molecule has 86 valence electrons. The van der Waals surface area contributed by atoms with E-state index in [2.05, 4.69) is 0 Å². The smallest absolute Gasteiger partial charge is 0.179 e. The van der Waals surface area contributed by atoms with E-state index in [-0.39, 0.29) is 0 Å². The molecule has 0 saturated heterocycles. The lowest BCUT2D eigenvalue weighted by Crippen LogP contribution is -2.15. The predicted octanol–water partition coefficient (Wildman–Crippen LogP) is 2.17. The van der Waals surface area contributed by atoms with E-state index in [4.69, 9.17) is 26.8 Å². The molecular weight excluding hydrogens is 226 g/mol. The van der Waals surface area contributed by atoms with E-state index in [0.717, 1.165) is 18.7 Å². The summed E-state index contributed by atoms with van der Waals surface area (Å²) in [4.78, 5) is 0. The largest absolute Gasteiger partial charge is 0.486 e. The quantitative estimate of drug-likeness (QED) is 0.860. The lowest BCUT2D eigenvalue weighted by atomic mass is 10.1. The highest BCUT2D eigenvalue weighted by Crippen LogP contribution is 2.50. The van der Waals surface area contributed by atoms with Crippen molar-refractivity contribution in [1.29, 1.82) is 0 Å². The fourth-order valence-electron chi connectivity index (χ4n) is 2.26. The van der Waals surface area contributed by atoms with Crippen molar-refractivity contribution >= 4 is 11.6 Å². The molecular formula is C12H14ClNO2. The second kappa shape index (κ2) is 3.82. The van der Waals surface area contributed by atoms with Gasteiger partial charge in [-0.2, -0.15) is 0 Å². The molecule has 1 saturated carbocycles. The molecule has 0 bridgehead atoms. The van der Waals surface area contributed by atoms with Crippen molar-refractivity contribution in [2.75, 3.05) is 19.8 Å². The molecule has 1 fully saturated rings. The molecule has 1 aromatic carbocycles. The van der Waals surface area contributed by atoms with Crippen molar-refractivity contribution in [1.82, 2.24) is 0 Å². The monoisotopic (exact) mass is 239 g/mol. The molecule has 16 heavy (non-hydrogen) atoms. The van der Waals surface area contributed by atoms with Gasteiger partial charge < -0.3 is 15.2 Å². The molecule has 1 aliphatic heterocycles. The summed E-state index contributed by atoms with van der Waals surface area (Å²) in [5.41, 5.74) is 6.88. The number of halogens is 1. The van der Waals surface area contributed by atoms with Crippen LogP contribution in [0.5, 0.6) is 11.5 Å². The van der Waals surface area contributed by atoms with Crippen molar-refractivity contribution in [3.8, 4) is 11.5 Å². The van der Waals surface area contributed by atoms with Gasteiger partial charge in [0.2, 0.25) is 0 Å². The van der Waals surface area contributed by atoms with Crippen molar-refractivity contribution in [3.05, 3.63) is 22.7 Å². The van der Waals surface area contributed by atoms with Gasteiger partial charge in [0, 0.05) is 0 Å². The van der Waals surface area contributed by atoms with Crippen LogP contribution in [0.15, 0.2) is 12.1 Å². The molecule has 2 N–H and O–H groups in total. The average Bonchev–Trinajstić information content (AvgIpc) is 3.08. The van der Waals surface area contributed by atoms with Gasteiger partial charge in [0.1, 0.15) is 13.2 Å². The Labute approximate surface area is 99.5 Å². The van der Waals surface area contributed by atoms with E-state index in [1.807, 2.05) is 12.1 Å². The molecule has 4 heteroatoms. The minimum atomic E-state index is 0.554. The van der Waals surface area contributed by atoms with Gasteiger partial charge in [-0.25, -0.2) is 0 Å². The molecule has 3 rings (SSSR count). The zero-order chi connectivity index (χ0) is 11.1. The molecule has 0 aromatic heterocycles. The number of benzene rings is 1. The van der Waals surface area contributed by atoms with Crippen LogP contribution in [-0.4, -0.2) is 19.8 Å². The van der Waals surface area contributed by atoms with Gasteiger partial charge in [0.25, 0.3) is 0 Å². The minimum absolute atomic E-state index is 0.554. The highest BCUT2D eigenvalue weighted by atomic mass is 35.5. The Bertz CT molecular complexity index is 422. The molecule has 2 unspecified atom stereocenters. The summed E-state index contributed by atoms with van der Waals surface area (Å²) in [6, 6.07) is 4.02. The maximum Gasteiger partial charge on any atom is 0.179 e. The molecule has 1 aromatic rings. The van der Waals surface area contributed by atoms with Gasteiger partial charge in [-0.05, 0) is 42.5 Å². The second-order valence-electron chi connectivity index (χ2n) is 4.36. The lowest BCUT2D eigenvalue weighted by Gasteiger charge is -2.20. The number of rotatable bonds is 2. The second-order valence-corrected chi connectivity index (χ2v) is 4.77. The molecule has 2 atom stereocenters. The Hall–Kier alpha value is -0.930. The number of ether oxygens (including phenoxy) is 2. The van der Waals surface area contributed by atoms with E-state index in [0.29, 0.717) is 35.8 Å². The highest BCUT2D eigenvalue weighted by molar-refractivity contribution is 6.32. The summed E-state index contributed by atoms with van der Waals surface area (Å²) in [7, 11) is 0. The molecule has 1 aliphatic carbocycles. The summed E-state index contributed by atoms with van der Waals surface area (Å²) in [5, 5.41) is 0.648. The number of fused-ring (bicyclic) bond motifs is 1. The third kappa shape index (κ3) is 1.64. The van der Waals surface area contributed by atoms with Crippen LogP contribution in [0.1, 0.15) is 17.9 Å². The third-order valence-corrected chi connectivity index (χ3v) is 3.55. The van der Waals surface area contributed by atoms with E-state index < -0.39 is 0 Å². The normalized spacial score (nSPS) is 26.6. The van der Waals surface area contributed by atoms with Crippen LogP contribution in [0.4, 0.5) is 0 Å². The SMILES string of the molecule is NCC1CC1c1cc(Cl)c2c(c1)OCCO2. The van der Waals surface area contributed by atoms with E-state index in [1.165, 1.54) is 5.56 Å². The van der Waals surface area contributed by atoms with Crippen LogP contribution >= 0.6 is 11.6 Å². The molecule has 0 amide bonds. The van der Waals surface area contributed by atoms with Crippen molar-refractivity contribution in [2.24, 2.45) is 11.7 Å². The minimum Gasteiger partial charge on any atom is -0.486 e. The maximum atomic E-state index is 6.17. The maximum absolute atomic E-state index is 6.17. The summed E-state index contributed by atoms with van der Waals surface area (Å²) in [6.07, 6.45) is 1.16. The zero-order valence-electron chi connectivity index (χ0n) is 8.91. The van der Waals surface area contributed by atoms with Gasteiger partial charge in [0.15, 0.2) is 11.5 Å². The zero-order valence-corrected chi connectivity index (χ0v) is 9.67. The first-order valence-electron chi connectivity index (χ1n) is 5.58. The molecule has 3 nitrogen and oxygen atoms in total. The van der Waals surface area contributed by atoms with Gasteiger partial charge in [0.05, 0.1) is 5.02 Å². The lowest BCUT2D eigenvalue weighted by molar-refractivity contribution is 0.171. The van der Waals surface area contributed by atoms with Gasteiger partial charge >= 0.3 is 0 Å². The van der Waals surface area contributed by atoms with Crippen molar-refractivity contribution in [2.45, 2.75) is 12.3 Å². The fraction of sp³-hybridized carbons (Fsp3) is 0.500. The van der Waals surface area contributed by atoms with Crippen LogP contribution in [0.2, 0.25) is 5.02 Å². The molecule has 1 heterocycles. The highest BCUT2D eigenvalue weighted by Gasteiger charge is 2.38. The standard InChI is InChI=1S/C12H14ClNO2/c13-10-4-7(9-3-8(9)6-14)5-11-12(10)16-2-1-15-11/h4-5,8-9H,1-3,6,14H2.